The van der Waals surface area contributed by atoms with Crippen molar-refractivity contribution in [1.82, 2.24) is 14.3 Å². The van der Waals surface area contributed by atoms with Gasteiger partial charge < -0.3 is 10.0 Å². The van der Waals surface area contributed by atoms with Crippen molar-refractivity contribution in [3.63, 3.8) is 0 Å². The zero-order chi connectivity index (χ0) is 18.1. The molecule has 3 rings (SSSR count). The lowest BCUT2D eigenvalue weighted by Gasteiger charge is -2.37. The topological polar surface area (TPSA) is 78.7 Å². The van der Waals surface area contributed by atoms with Crippen LogP contribution in [0.2, 0.25) is 0 Å². The molecule has 0 bridgehead atoms. The number of rotatable bonds is 4. The van der Waals surface area contributed by atoms with Gasteiger partial charge in [-0.25, -0.2) is 19.2 Å². The molecule has 25 heavy (non-hydrogen) atoms. The number of allylic oxidation sites excluding steroid dienone is 1. The molecular weight excluding hydrogens is 411 g/mol. The van der Waals surface area contributed by atoms with Crippen molar-refractivity contribution in [1.29, 1.82) is 0 Å². The van der Waals surface area contributed by atoms with E-state index in [1.165, 1.54) is 30.0 Å². The highest BCUT2D eigenvalue weighted by Gasteiger charge is 2.37. The van der Waals surface area contributed by atoms with Gasteiger partial charge in [-0.3, -0.25) is 0 Å². The first-order valence-corrected chi connectivity index (χ1v) is 9.02. The highest BCUT2D eigenvalue weighted by molar-refractivity contribution is 9.10. The lowest BCUT2D eigenvalue weighted by Crippen LogP contribution is -2.41. The van der Waals surface area contributed by atoms with Crippen LogP contribution in [0.1, 0.15) is 30.5 Å². The van der Waals surface area contributed by atoms with Gasteiger partial charge in [-0.15, -0.1) is 0 Å². The molecule has 1 aromatic carbocycles. The summed E-state index contributed by atoms with van der Waals surface area (Å²) in [4.78, 5) is 22.4. The maximum Gasteiger partial charge on any atom is 0.335 e. The van der Waals surface area contributed by atoms with Crippen molar-refractivity contribution in [3.8, 4) is 0 Å². The van der Waals surface area contributed by atoms with Gasteiger partial charge in [0.25, 0.3) is 0 Å². The van der Waals surface area contributed by atoms with Crippen molar-refractivity contribution >= 4 is 39.3 Å². The minimum absolute atomic E-state index is 0.155. The van der Waals surface area contributed by atoms with Crippen LogP contribution in [0.4, 0.5) is 4.39 Å². The molecule has 1 aromatic heterocycles. The van der Waals surface area contributed by atoms with E-state index in [1.807, 2.05) is 11.8 Å². The number of amidine groups is 1. The lowest BCUT2D eigenvalue weighted by atomic mass is 9.93. The summed E-state index contributed by atoms with van der Waals surface area (Å²) in [5.41, 5.74) is 1.20. The van der Waals surface area contributed by atoms with Crippen LogP contribution in [0.5, 0.6) is 0 Å². The highest BCUT2D eigenvalue weighted by atomic mass is 79.9. The summed E-state index contributed by atoms with van der Waals surface area (Å²) in [5, 5.41) is 10.4. The number of likely N-dealkylation sites (N-methyl/N-ethyl adjacent to an activating group) is 1. The zero-order valence-corrected chi connectivity index (χ0v) is 15.8. The first-order valence-electron chi connectivity index (χ1n) is 7.45. The van der Waals surface area contributed by atoms with Crippen LogP contribution in [-0.4, -0.2) is 37.7 Å². The van der Waals surface area contributed by atoms with Crippen molar-refractivity contribution in [3.05, 3.63) is 56.7 Å². The van der Waals surface area contributed by atoms with Gasteiger partial charge in [-0.05, 0) is 43.1 Å². The number of benzene rings is 1. The monoisotopic (exact) mass is 424 g/mol. The molecule has 0 aliphatic carbocycles. The van der Waals surface area contributed by atoms with E-state index in [4.69, 9.17) is 0 Å². The van der Waals surface area contributed by atoms with Gasteiger partial charge in [0.2, 0.25) is 0 Å². The van der Waals surface area contributed by atoms with E-state index < -0.39 is 17.8 Å². The number of hydrogen-bond donors (Lipinski definition) is 1. The molecule has 130 valence electrons. The molecule has 0 amide bonds. The van der Waals surface area contributed by atoms with E-state index >= 15 is 0 Å². The Kier molecular flexibility index (Phi) is 4.96. The van der Waals surface area contributed by atoms with Crippen LogP contribution in [0.15, 0.2) is 45.3 Å². The SMILES string of the molecule is CCN1C(c2ncns2)=NC(C)=C(C(=O)O)C1c1ccc(F)cc1Br. The molecule has 2 heterocycles. The van der Waals surface area contributed by atoms with E-state index in [1.54, 1.807) is 13.0 Å². The minimum atomic E-state index is -1.06. The Balaban J connectivity index is 2.23. The first kappa shape index (κ1) is 17.7. The third kappa shape index (κ3) is 3.21. The van der Waals surface area contributed by atoms with Crippen molar-refractivity contribution in [2.45, 2.75) is 19.9 Å². The molecule has 1 unspecified atom stereocenters. The van der Waals surface area contributed by atoms with Crippen LogP contribution < -0.4 is 0 Å². The number of halogens is 2. The van der Waals surface area contributed by atoms with Crippen LogP contribution in [0.25, 0.3) is 0 Å². The Morgan fingerprint density at radius 1 is 1.48 bits per heavy atom. The van der Waals surface area contributed by atoms with Gasteiger partial charge in [0, 0.05) is 11.0 Å². The van der Waals surface area contributed by atoms with E-state index in [0.29, 0.717) is 33.1 Å². The number of carboxylic acids is 1. The van der Waals surface area contributed by atoms with Crippen LogP contribution in [0, 0.1) is 5.82 Å². The number of carbonyl (C=O) groups is 1. The summed E-state index contributed by atoms with van der Waals surface area (Å²) < 4.78 is 18.0. The third-order valence-electron chi connectivity index (χ3n) is 3.90. The molecule has 1 atom stereocenters. The van der Waals surface area contributed by atoms with Gasteiger partial charge >= 0.3 is 5.97 Å². The summed E-state index contributed by atoms with van der Waals surface area (Å²) in [6.45, 7) is 4.06. The van der Waals surface area contributed by atoms with Crippen LogP contribution >= 0.6 is 27.5 Å². The van der Waals surface area contributed by atoms with Crippen molar-refractivity contribution in [2.75, 3.05) is 6.54 Å². The molecule has 0 spiro atoms. The Morgan fingerprint density at radius 3 is 2.80 bits per heavy atom. The Morgan fingerprint density at radius 2 is 2.24 bits per heavy atom. The second kappa shape index (κ2) is 7.01. The van der Waals surface area contributed by atoms with Crippen LogP contribution in [-0.2, 0) is 4.79 Å². The first-order chi connectivity index (χ1) is 11.9. The average molecular weight is 425 g/mol. The Hall–Kier alpha value is -2.13. The fourth-order valence-electron chi connectivity index (χ4n) is 2.85. The maximum atomic E-state index is 13.5. The summed E-state index contributed by atoms with van der Waals surface area (Å²) in [6, 6.07) is 3.62. The van der Waals surface area contributed by atoms with Gasteiger partial charge in [0.15, 0.2) is 10.8 Å². The predicted molar refractivity (Wildman–Crippen MR) is 96.0 cm³/mol. The van der Waals surface area contributed by atoms with Crippen molar-refractivity contribution in [2.24, 2.45) is 4.99 Å². The summed E-state index contributed by atoms with van der Waals surface area (Å²) in [5.74, 6) is -0.893. The third-order valence-corrected chi connectivity index (χ3v) is 5.25. The van der Waals surface area contributed by atoms with E-state index in [0.717, 1.165) is 0 Å². The summed E-state index contributed by atoms with van der Waals surface area (Å²) >= 11 is 4.55. The molecule has 0 saturated heterocycles. The highest BCUT2D eigenvalue weighted by Crippen LogP contribution is 2.39. The van der Waals surface area contributed by atoms with Gasteiger partial charge in [0.1, 0.15) is 12.1 Å². The average Bonchev–Trinajstić information content (AvgIpc) is 3.08. The second-order valence-electron chi connectivity index (χ2n) is 5.34. The molecule has 1 aliphatic heterocycles. The fraction of sp³-hybridized carbons (Fsp3) is 0.250. The molecule has 9 heteroatoms. The van der Waals surface area contributed by atoms with E-state index in [-0.39, 0.29) is 5.57 Å². The fourth-order valence-corrected chi connectivity index (χ4v) is 3.95. The standard InChI is InChI=1S/C16H14BrFN4O2S/c1-3-22-13(10-5-4-9(18)6-11(10)17)12(16(23)24)8(2)21-14(22)15-19-7-20-25-15/h4-7,13H,3H2,1-2H3,(H,23,24). The smallest absolute Gasteiger partial charge is 0.335 e. The van der Waals surface area contributed by atoms with E-state index in [9.17, 15) is 14.3 Å². The van der Waals surface area contributed by atoms with Crippen molar-refractivity contribution < 1.29 is 14.3 Å². The maximum absolute atomic E-state index is 13.5. The number of aromatic nitrogens is 2. The van der Waals surface area contributed by atoms with Gasteiger partial charge in [-0.1, -0.05) is 22.0 Å². The van der Waals surface area contributed by atoms with Gasteiger partial charge in [-0.2, -0.15) is 4.37 Å². The molecule has 1 N–H and O–H groups in total. The summed E-state index contributed by atoms with van der Waals surface area (Å²) in [7, 11) is 0. The number of aliphatic carboxylic acids is 1. The number of carboxylic acid groups (broad SMARTS) is 1. The molecule has 0 radical (unpaired) electrons. The molecule has 0 fully saturated rings. The van der Waals surface area contributed by atoms with Crippen LogP contribution in [0.3, 0.4) is 0 Å². The summed E-state index contributed by atoms with van der Waals surface area (Å²) in [6.07, 6.45) is 1.44. The molecule has 2 aromatic rings. The molecular formula is C16H14BrFN4O2S. The lowest BCUT2D eigenvalue weighted by molar-refractivity contribution is -0.133. The normalized spacial score (nSPS) is 17.7. The quantitative estimate of drug-likeness (QED) is 0.810. The molecule has 0 saturated carbocycles. The van der Waals surface area contributed by atoms with E-state index in [2.05, 4.69) is 30.3 Å². The minimum Gasteiger partial charge on any atom is -0.478 e. The number of aliphatic imine (C=N–C) groups is 1. The second-order valence-corrected chi connectivity index (χ2v) is 6.97. The number of hydrogen-bond acceptors (Lipinski definition) is 6. The predicted octanol–water partition coefficient (Wildman–Crippen LogP) is 3.62. The zero-order valence-electron chi connectivity index (χ0n) is 13.4. The Labute approximate surface area is 156 Å². The Bertz CT molecular complexity index is 882. The largest absolute Gasteiger partial charge is 0.478 e. The molecule has 1 aliphatic rings. The number of nitrogens with zero attached hydrogens (tertiary/aromatic N) is 4. The molecule has 6 nitrogen and oxygen atoms in total. The van der Waals surface area contributed by atoms with Gasteiger partial charge in [0.05, 0.1) is 17.3 Å².